The van der Waals surface area contributed by atoms with Gasteiger partial charge in [-0.05, 0) is 38.0 Å². The summed E-state index contributed by atoms with van der Waals surface area (Å²) < 4.78 is 0. The van der Waals surface area contributed by atoms with Gasteiger partial charge in [0.2, 0.25) is 17.6 Å². The largest absolute Gasteiger partial charge is 0.344 e. The van der Waals surface area contributed by atoms with Gasteiger partial charge >= 0.3 is 0 Å². The highest BCUT2D eigenvalue weighted by atomic mass is 32.1. The van der Waals surface area contributed by atoms with E-state index in [9.17, 15) is 14.4 Å². The zero-order valence-electron chi connectivity index (χ0n) is 20.2. The predicted molar refractivity (Wildman–Crippen MR) is 134 cm³/mol. The molecule has 1 saturated carbocycles. The Balaban J connectivity index is 1.53. The number of thiazole rings is 1. The number of benzene rings is 1. The molecule has 182 valence electrons. The Morgan fingerprint density at radius 2 is 1.82 bits per heavy atom. The van der Waals surface area contributed by atoms with Crippen LogP contribution in [-0.4, -0.2) is 40.1 Å². The second kappa shape index (κ2) is 11.3. The molecular weight excluding hydrogens is 446 g/mol. The van der Waals surface area contributed by atoms with Gasteiger partial charge in [-0.25, -0.2) is 4.98 Å². The normalized spacial score (nSPS) is 20.6. The maximum absolute atomic E-state index is 13.9. The van der Waals surface area contributed by atoms with Gasteiger partial charge in [0.1, 0.15) is 16.7 Å². The zero-order valence-corrected chi connectivity index (χ0v) is 21.0. The van der Waals surface area contributed by atoms with Crippen LogP contribution in [0.3, 0.4) is 0 Å². The number of hydrogen-bond donors (Lipinski definition) is 1. The molecular formula is C27H35N3O3S. The minimum Gasteiger partial charge on any atom is -0.344 e. The Morgan fingerprint density at radius 1 is 1.09 bits per heavy atom. The van der Waals surface area contributed by atoms with Gasteiger partial charge in [-0.3, -0.25) is 14.4 Å². The second-order valence-corrected chi connectivity index (χ2v) is 10.5. The molecule has 7 heteroatoms. The summed E-state index contributed by atoms with van der Waals surface area (Å²) in [6.45, 7) is 4.57. The van der Waals surface area contributed by atoms with E-state index in [1.165, 1.54) is 17.8 Å². The first-order valence-electron chi connectivity index (χ1n) is 12.7. The summed E-state index contributed by atoms with van der Waals surface area (Å²) in [7, 11) is 0. The molecule has 1 N–H and O–H groups in total. The molecule has 1 saturated heterocycles. The summed E-state index contributed by atoms with van der Waals surface area (Å²) in [5, 5.41) is 5.74. The zero-order chi connectivity index (χ0) is 24.1. The van der Waals surface area contributed by atoms with Crippen LogP contribution in [0.5, 0.6) is 0 Å². The summed E-state index contributed by atoms with van der Waals surface area (Å²) in [4.78, 5) is 46.0. The van der Waals surface area contributed by atoms with Crippen LogP contribution in [0.1, 0.15) is 92.3 Å². The fraction of sp³-hybridized carbons (Fsp3) is 0.556. The number of carbonyl (C=O) groups is 3. The van der Waals surface area contributed by atoms with Crippen molar-refractivity contribution in [1.82, 2.24) is 15.2 Å². The molecule has 1 aliphatic carbocycles. The fourth-order valence-electron chi connectivity index (χ4n) is 5.08. The number of aromatic nitrogens is 1. The van der Waals surface area contributed by atoms with E-state index in [1.54, 1.807) is 17.5 Å². The van der Waals surface area contributed by atoms with Crippen LogP contribution in [0.2, 0.25) is 0 Å². The van der Waals surface area contributed by atoms with Gasteiger partial charge < -0.3 is 10.2 Å². The second-order valence-electron chi connectivity index (χ2n) is 9.65. The summed E-state index contributed by atoms with van der Waals surface area (Å²) in [6, 6.07) is 8.54. The average molecular weight is 482 g/mol. The number of carbonyl (C=O) groups excluding carboxylic acids is 3. The van der Waals surface area contributed by atoms with Crippen LogP contribution < -0.4 is 5.32 Å². The third kappa shape index (κ3) is 5.40. The van der Waals surface area contributed by atoms with E-state index in [-0.39, 0.29) is 35.5 Å². The molecule has 2 aliphatic rings. The van der Waals surface area contributed by atoms with Gasteiger partial charge in [-0.1, -0.05) is 63.4 Å². The molecule has 34 heavy (non-hydrogen) atoms. The minimum absolute atomic E-state index is 0.0113. The average Bonchev–Trinajstić information content (AvgIpc) is 3.57. The van der Waals surface area contributed by atoms with E-state index in [2.05, 4.69) is 10.3 Å². The predicted octanol–water partition coefficient (Wildman–Crippen LogP) is 5.15. The third-order valence-electron chi connectivity index (χ3n) is 7.36. The van der Waals surface area contributed by atoms with Crippen molar-refractivity contribution in [2.45, 2.75) is 77.3 Å². The minimum atomic E-state index is -0.479. The molecule has 6 nitrogen and oxygen atoms in total. The molecule has 0 bridgehead atoms. The van der Waals surface area contributed by atoms with Crippen molar-refractivity contribution in [2.24, 2.45) is 11.8 Å². The lowest BCUT2D eigenvalue weighted by Gasteiger charge is -2.35. The van der Waals surface area contributed by atoms with Gasteiger partial charge in [0, 0.05) is 23.4 Å². The van der Waals surface area contributed by atoms with Gasteiger partial charge in [0.15, 0.2) is 0 Å². The first kappa shape index (κ1) is 24.6. The van der Waals surface area contributed by atoms with E-state index < -0.39 is 6.04 Å². The Labute approximate surface area is 206 Å². The molecule has 2 amide bonds. The standard InChI is InChI=1S/C27H35N3O3S/c1-3-18(2)25(32)29-23(19-11-6-4-7-12-19)27(33)30-16-10-15-22(30)26-28-21(17-34-26)24(31)20-13-8-5-9-14-20/h5,8-9,13-14,17-19,22-23H,3-4,6-7,10-12,15-16H2,1-2H3,(H,29,32)/t18-,22?,23+/m1/s1. The molecule has 3 atom stereocenters. The molecule has 0 radical (unpaired) electrons. The topological polar surface area (TPSA) is 79.4 Å². The van der Waals surface area contributed by atoms with E-state index in [1.807, 2.05) is 36.9 Å². The van der Waals surface area contributed by atoms with Crippen LogP contribution >= 0.6 is 11.3 Å². The van der Waals surface area contributed by atoms with E-state index in [4.69, 9.17) is 0 Å². The van der Waals surface area contributed by atoms with Crippen molar-refractivity contribution < 1.29 is 14.4 Å². The Bertz CT molecular complexity index is 1000. The van der Waals surface area contributed by atoms with Gasteiger partial charge in [0.25, 0.3) is 0 Å². The summed E-state index contributed by atoms with van der Waals surface area (Å²) >= 11 is 1.45. The SMILES string of the molecule is CC[C@@H](C)C(=O)N[C@H](C(=O)N1CCCC1c1nc(C(=O)c2ccccc2)cs1)C1CCCCC1. The number of nitrogens with one attached hydrogen (secondary N) is 1. The Kier molecular flexibility index (Phi) is 8.14. The lowest BCUT2D eigenvalue weighted by atomic mass is 9.83. The smallest absolute Gasteiger partial charge is 0.246 e. The highest BCUT2D eigenvalue weighted by molar-refractivity contribution is 7.10. The van der Waals surface area contributed by atoms with Gasteiger partial charge in [-0.15, -0.1) is 11.3 Å². The molecule has 1 aromatic heterocycles. The quantitative estimate of drug-likeness (QED) is 0.529. The van der Waals surface area contributed by atoms with Crippen molar-refractivity contribution in [1.29, 1.82) is 0 Å². The Morgan fingerprint density at radius 3 is 2.53 bits per heavy atom. The summed E-state index contributed by atoms with van der Waals surface area (Å²) in [6.07, 6.45) is 7.83. The monoisotopic (exact) mass is 481 g/mol. The van der Waals surface area contributed by atoms with Crippen LogP contribution in [0.25, 0.3) is 0 Å². The van der Waals surface area contributed by atoms with Crippen molar-refractivity contribution in [3.63, 3.8) is 0 Å². The number of rotatable bonds is 8. The van der Waals surface area contributed by atoms with Crippen LogP contribution in [0.4, 0.5) is 0 Å². The van der Waals surface area contributed by atoms with E-state index >= 15 is 0 Å². The molecule has 1 unspecified atom stereocenters. The molecule has 2 fully saturated rings. The van der Waals surface area contributed by atoms with Crippen molar-refractivity contribution >= 4 is 28.9 Å². The van der Waals surface area contributed by atoms with Crippen molar-refractivity contribution in [2.75, 3.05) is 6.54 Å². The lowest BCUT2D eigenvalue weighted by molar-refractivity contribution is -0.140. The van der Waals surface area contributed by atoms with Gasteiger partial charge in [0.05, 0.1) is 6.04 Å². The number of likely N-dealkylation sites (tertiary alicyclic amines) is 1. The van der Waals surface area contributed by atoms with E-state index in [0.29, 0.717) is 17.8 Å². The Hall–Kier alpha value is -2.54. The van der Waals surface area contributed by atoms with Crippen molar-refractivity contribution in [3.8, 4) is 0 Å². The first-order valence-corrected chi connectivity index (χ1v) is 13.5. The summed E-state index contributed by atoms with van der Waals surface area (Å²) in [5.74, 6) is -0.0509. The number of nitrogens with zero attached hydrogens (tertiary/aromatic N) is 2. The van der Waals surface area contributed by atoms with Crippen LogP contribution in [0, 0.1) is 11.8 Å². The maximum atomic E-state index is 13.9. The highest BCUT2D eigenvalue weighted by Gasteiger charge is 2.40. The fourth-order valence-corrected chi connectivity index (χ4v) is 6.02. The third-order valence-corrected chi connectivity index (χ3v) is 8.30. The molecule has 2 aromatic rings. The molecule has 2 heterocycles. The van der Waals surface area contributed by atoms with Gasteiger partial charge in [-0.2, -0.15) is 0 Å². The molecule has 4 rings (SSSR count). The number of hydrogen-bond acceptors (Lipinski definition) is 5. The summed E-state index contributed by atoms with van der Waals surface area (Å²) in [5.41, 5.74) is 1.04. The molecule has 0 spiro atoms. The van der Waals surface area contributed by atoms with Crippen LogP contribution in [0.15, 0.2) is 35.7 Å². The molecule has 1 aromatic carbocycles. The number of amides is 2. The van der Waals surface area contributed by atoms with Crippen LogP contribution in [-0.2, 0) is 9.59 Å². The number of ketones is 1. The molecule has 1 aliphatic heterocycles. The van der Waals surface area contributed by atoms with Crippen molar-refractivity contribution in [3.05, 3.63) is 52.0 Å². The maximum Gasteiger partial charge on any atom is 0.246 e. The highest BCUT2D eigenvalue weighted by Crippen LogP contribution is 2.36. The lowest BCUT2D eigenvalue weighted by Crippen LogP contribution is -2.53. The first-order chi connectivity index (χ1) is 16.5. The van der Waals surface area contributed by atoms with E-state index in [0.717, 1.165) is 50.0 Å².